The average molecular weight is 332 g/mol. The Kier molecular flexibility index (Phi) is 6.72. The van der Waals surface area contributed by atoms with Crippen molar-refractivity contribution in [2.75, 3.05) is 25.6 Å². The number of hydrogen-bond acceptors (Lipinski definition) is 5. The van der Waals surface area contributed by atoms with Gasteiger partial charge in [0.25, 0.3) is 0 Å². The lowest BCUT2D eigenvalue weighted by Gasteiger charge is -2.10. The summed E-state index contributed by atoms with van der Waals surface area (Å²) in [7, 11) is 1.59. The molecule has 1 aromatic heterocycles. The molecule has 0 saturated heterocycles. The van der Waals surface area contributed by atoms with Crippen LogP contribution in [0, 0.1) is 0 Å². The molecule has 0 aliphatic carbocycles. The molecule has 0 aliphatic heterocycles. The molecule has 0 fully saturated rings. The fourth-order valence-electron chi connectivity index (χ4n) is 1.55. The number of halogens is 1. The fraction of sp³-hybridized carbons (Fsp3) is 0.583. The molecule has 0 spiro atoms. The summed E-state index contributed by atoms with van der Waals surface area (Å²) in [6, 6.07) is 0. The molecule has 0 amide bonds. The second-order valence-corrected chi connectivity index (χ2v) is 4.74. The fourth-order valence-corrected chi connectivity index (χ4v) is 2.11. The zero-order valence-electron chi connectivity index (χ0n) is 11.1. The first-order chi connectivity index (χ1) is 9.10. The van der Waals surface area contributed by atoms with Gasteiger partial charge in [0, 0.05) is 19.2 Å². The Bertz CT molecular complexity index is 440. The van der Waals surface area contributed by atoms with Crippen molar-refractivity contribution in [3.05, 3.63) is 15.9 Å². The second kappa shape index (κ2) is 8.06. The third-order valence-electron chi connectivity index (χ3n) is 2.53. The molecule has 0 aromatic carbocycles. The lowest BCUT2D eigenvalue weighted by atomic mass is 10.1. The molecule has 0 aliphatic rings. The Morgan fingerprint density at radius 1 is 1.47 bits per heavy atom. The lowest BCUT2D eigenvalue weighted by Crippen LogP contribution is -2.15. The summed E-state index contributed by atoms with van der Waals surface area (Å²) in [5.74, 6) is -0.745. The van der Waals surface area contributed by atoms with Gasteiger partial charge in [-0.1, -0.05) is 13.3 Å². The van der Waals surface area contributed by atoms with Crippen molar-refractivity contribution in [3.63, 3.8) is 0 Å². The summed E-state index contributed by atoms with van der Waals surface area (Å²) in [6.07, 6.45) is 2.54. The monoisotopic (exact) mass is 331 g/mol. The van der Waals surface area contributed by atoms with Gasteiger partial charge in [0.2, 0.25) is 5.95 Å². The number of anilines is 1. The van der Waals surface area contributed by atoms with E-state index in [0.29, 0.717) is 35.7 Å². The molecular weight excluding hydrogens is 314 g/mol. The van der Waals surface area contributed by atoms with Crippen LogP contribution in [0.15, 0.2) is 4.60 Å². The first-order valence-electron chi connectivity index (χ1n) is 6.12. The quantitative estimate of drug-likeness (QED) is 0.561. The Morgan fingerprint density at radius 3 is 2.79 bits per heavy atom. The zero-order valence-corrected chi connectivity index (χ0v) is 12.7. The normalized spacial score (nSPS) is 10.5. The number of carboxylic acids is 1. The number of methoxy groups -OCH3 is 1. The minimum absolute atomic E-state index is 0.0511. The molecule has 19 heavy (non-hydrogen) atoms. The summed E-state index contributed by atoms with van der Waals surface area (Å²) in [5, 5.41) is 12.1. The molecule has 6 nitrogen and oxygen atoms in total. The SMILES string of the molecule is CCCCc1c(Br)nc(NCCOC)nc1C(=O)O. The number of aromatic carboxylic acids is 1. The van der Waals surface area contributed by atoms with E-state index in [4.69, 9.17) is 4.74 Å². The van der Waals surface area contributed by atoms with E-state index in [1.165, 1.54) is 0 Å². The molecule has 106 valence electrons. The van der Waals surface area contributed by atoms with Crippen LogP contribution >= 0.6 is 15.9 Å². The number of ether oxygens (including phenoxy) is 1. The first kappa shape index (κ1) is 15.8. The van der Waals surface area contributed by atoms with Gasteiger partial charge in [0.1, 0.15) is 4.60 Å². The Labute approximate surface area is 120 Å². The molecule has 1 rings (SSSR count). The van der Waals surface area contributed by atoms with E-state index in [-0.39, 0.29) is 5.69 Å². The van der Waals surface area contributed by atoms with E-state index in [9.17, 15) is 9.90 Å². The number of hydrogen-bond donors (Lipinski definition) is 2. The molecule has 2 N–H and O–H groups in total. The van der Waals surface area contributed by atoms with E-state index in [0.717, 1.165) is 12.8 Å². The van der Waals surface area contributed by atoms with E-state index < -0.39 is 5.97 Å². The number of rotatable bonds is 8. The Balaban J connectivity index is 2.96. The lowest BCUT2D eigenvalue weighted by molar-refractivity contribution is 0.0689. The number of unbranched alkanes of at least 4 members (excludes halogenated alkanes) is 1. The summed E-state index contributed by atoms with van der Waals surface area (Å²) in [4.78, 5) is 19.5. The van der Waals surface area contributed by atoms with Crippen LogP contribution in [-0.2, 0) is 11.2 Å². The molecule has 0 unspecified atom stereocenters. The van der Waals surface area contributed by atoms with Gasteiger partial charge in [-0.3, -0.25) is 0 Å². The van der Waals surface area contributed by atoms with E-state index in [1.54, 1.807) is 7.11 Å². The number of carboxylic acid groups (broad SMARTS) is 1. The molecule has 0 atom stereocenters. The van der Waals surface area contributed by atoms with E-state index in [2.05, 4.69) is 38.1 Å². The van der Waals surface area contributed by atoms with Crippen molar-refractivity contribution in [2.24, 2.45) is 0 Å². The van der Waals surface area contributed by atoms with Crippen LogP contribution in [0.5, 0.6) is 0 Å². The maximum atomic E-state index is 11.3. The van der Waals surface area contributed by atoms with Gasteiger partial charge in [-0.05, 0) is 28.8 Å². The standard InChI is InChI=1S/C12H18BrN3O3/c1-3-4-5-8-9(11(17)18)15-12(16-10(8)13)14-6-7-19-2/h3-7H2,1-2H3,(H,17,18)(H,14,15,16). The smallest absolute Gasteiger partial charge is 0.355 e. The molecule has 0 saturated carbocycles. The van der Waals surface area contributed by atoms with Crippen molar-refractivity contribution in [1.29, 1.82) is 0 Å². The van der Waals surface area contributed by atoms with Crippen LogP contribution in [0.1, 0.15) is 35.8 Å². The summed E-state index contributed by atoms with van der Waals surface area (Å²) < 4.78 is 5.44. The molecule has 1 aromatic rings. The van der Waals surface area contributed by atoms with E-state index >= 15 is 0 Å². The van der Waals surface area contributed by atoms with Crippen molar-refractivity contribution >= 4 is 27.8 Å². The van der Waals surface area contributed by atoms with Crippen LogP contribution in [0.4, 0.5) is 5.95 Å². The van der Waals surface area contributed by atoms with Gasteiger partial charge in [0.15, 0.2) is 5.69 Å². The highest BCUT2D eigenvalue weighted by Crippen LogP contribution is 2.21. The van der Waals surface area contributed by atoms with Gasteiger partial charge in [-0.25, -0.2) is 14.8 Å². The third kappa shape index (κ3) is 4.76. The predicted octanol–water partition coefficient (Wildman–Crippen LogP) is 2.34. The topological polar surface area (TPSA) is 84.3 Å². The van der Waals surface area contributed by atoms with Gasteiger partial charge in [-0.15, -0.1) is 0 Å². The van der Waals surface area contributed by atoms with Crippen LogP contribution < -0.4 is 5.32 Å². The molecular formula is C12H18BrN3O3. The minimum Gasteiger partial charge on any atom is -0.476 e. The highest BCUT2D eigenvalue weighted by molar-refractivity contribution is 9.10. The minimum atomic E-state index is -1.04. The van der Waals surface area contributed by atoms with Crippen molar-refractivity contribution in [1.82, 2.24) is 9.97 Å². The van der Waals surface area contributed by atoms with Gasteiger partial charge >= 0.3 is 5.97 Å². The van der Waals surface area contributed by atoms with Crippen molar-refractivity contribution < 1.29 is 14.6 Å². The summed E-state index contributed by atoms with van der Waals surface area (Å²) in [5.41, 5.74) is 0.696. The zero-order chi connectivity index (χ0) is 14.3. The van der Waals surface area contributed by atoms with Crippen LogP contribution in [0.2, 0.25) is 0 Å². The number of carbonyl (C=O) groups is 1. The van der Waals surface area contributed by atoms with Crippen LogP contribution in [0.3, 0.4) is 0 Å². The molecule has 1 heterocycles. The maximum absolute atomic E-state index is 11.3. The Morgan fingerprint density at radius 2 is 2.21 bits per heavy atom. The van der Waals surface area contributed by atoms with Gasteiger partial charge in [0.05, 0.1) is 6.61 Å². The molecule has 0 bridgehead atoms. The Hall–Kier alpha value is -1.21. The highest BCUT2D eigenvalue weighted by atomic mass is 79.9. The third-order valence-corrected chi connectivity index (χ3v) is 3.18. The highest BCUT2D eigenvalue weighted by Gasteiger charge is 2.17. The van der Waals surface area contributed by atoms with Crippen LogP contribution in [0.25, 0.3) is 0 Å². The second-order valence-electron chi connectivity index (χ2n) is 3.99. The largest absolute Gasteiger partial charge is 0.476 e. The molecule has 7 heteroatoms. The van der Waals surface area contributed by atoms with Gasteiger partial charge in [-0.2, -0.15) is 0 Å². The first-order valence-corrected chi connectivity index (χ1v) is 6.92. The maximum Gasteiger partial charge on any atom is 0.355 e. The van der Waals surface area contributed by atoms with Crippen molar-refractivity contribution in [3.8, 4) is 0 Å². The van der Waals surface area contributed by atoms with Gasteiger partial charge < -0.3 is 15.2 Å². The average Bonchev–Trinajstić information content (AvgIpc) is 2.37. The predicted molar refractivity (Wildman–Crippen MR) is 75.7 cm³/mol. The van der Waals surface area contributed by atoms with Crippen molar-refractivity contribution in [2.45, 2.75) is 26.2 Å². The number of nitrogens with zero attached hydrogens (tertiary/aromatic N) is 2. The van der Waals surface area contributed by atoms with Crippen LogP contribution in [-0.4, -0.2) is 41.3 Å². The summed E-state index contributed by atoms with van der Waals surface area (Å²) in [6.45, 7) is 3.08. The number of nitrogens with one attached hydrogen (secondary N) is 1. The molecule has 0 radical (unpaired) electrons. The van der Waals surface area contributed by atoms with E-state index in [1.807, 2.05) is 0 Å². The summed E-state index contributed by atoms with van der Waals surface area (Å²) >= 11 is 3.32. The number of aromatic nitrogens is 2.